The zero-order valence-corrected chi connectivity index (χ0v) is 53.9. The highest BCUT2D eigenvalue weighted by atomic mass is 16.7. The molecule has 12 unspecified atom stereocenters. The number of aliphatic hydroxyl groups is 8. The lowest BCUT2D eigenvalue weighted by Crippen LogP contribution is -2.65. The number of amides is 1. The zero-order valence-electron chi connectivity index (χ0n) is 53.9. The van der Waals surface area contributed by atoms with Crippen molar-refractivity contribution in [1.82, 2.24) is 5.32 Å². The van der Waals surface area contributed by atoms with Gasteiger partial charge in [-0.05, 0) is 44.9 Å². The van der Waals surface area contributed by atoms with Gasteiger partial charge in [0.15, 0.2) is 12.6 Å². The van der Waals surface area contributed by atoms with E-state index in [-0.39, 0.29) is 18.9 Å². The minimum Gasteiger partial charge on any atom is -0.394 e. The van der Waals surface area contributed by atoms with Crippen molar-refractivity contribution in [1.29, 1.82) is 0 Å². The first-order valence-corrected chi connectivity index (χ1v) is 35.6. The van der Waals surface area contributed by atoms with E-state index in [9.17, 15) is 45.6 Å². The van der Waals surface area contributed by atoms with Crippen molar-refractivity contribution >= 4 is 5.91 Å². The summed E-state index contributed by atoms with van der Waals surface area (Å²) in [6.07, 6.45) is 52.5. The van der Waals surface area contributed by atoms with Crippen molar-refractivity contribution in [2.45, 2.75) is 396 Å². The highest BCUT2D eigenvalue weighted by Gasteiger charge is 2.51. The van der Waals surface area contributed by atoms with E-state index in [2.05, 4.69) is 31.3 Å². The molecule has 0 aromatic carbocycles. The van der Waals surface area contributed by atoms with Crippen molar-refractivity contribution in [2.75, 3.05) is 19.8 Å². The van der Waals surface area contributed by atoms with E-state index in [1.165, 1.54) is 257 Å². The summed E-state index contributed by atoms with van der Waals surface area (Å²) in [5, 5.41) is 87.4. The fraction of sp³-hybridized carbons (Fsp3) is 0.929. The smallest absolute Gasteiger partial charge is 0.220 e. The zero-order chi connectivity index (χ0) is 60.9. The van der Waals surface area contributed by atoms with E-state index in [0.717, 1.165) is 38.5 Å². The second kappa shape index (κ2) is 55.5. The molecule has 1 amide bonds. The average Bonchev–Trinajstić information content (AvgIpc) is 3.17. The Morgan fingerprint density at radius 3 is 1.13 bits per heavy atom. The summed E-state index contributed by atoms with van der Waals surface area (Å²) in [5.74, 6) is -0.232. The van der Waals surface area contributed by atoms with Gasteiger partial charge in [-0.25, -0.2) is 0 Å². The molecule has 0 saturated carbocycles. The minimum atomic E-state index is -1.79. The fourth-order valence-electron chi connectivity index (χ4n) is 11.9. The predicted octanol–water partition coefficient (Wildman–Crippen LogP) is 14.3. The largest absolute Gasteiger partial charge is 0.394 e. The van der Waals surface area contributed by atoms with Gasteiger partial charge in [0, 0.05) is 6.42 Å². The van der Waals surface area contributed by atoms with Crippen LogP contribution in [0.1, 0.15) is 322 Å². The van der Waals surface area contributed by atoms with E-state index in [0.29, 0.717) is 6.42 Å². The van der Waals surface area contributed by atoms with E-state index >= 15 is 0 Å². The van der Waals surface area contributed by atoms with Gasteiger partial charge in [0.05, 0.1) is 32.0 Å². The molecule has 2 rings (SSSR count). The van der Waals surface area contributed by atoms with Crippen LogP contribution in [0.15, 0.2) is 24.3 Å². The first-order chi connectivity index (χ1) is 41.1. The number of rotatable bonds is 59. The number of carbonyl (C=O) groups excluding carboxylic acids is 1. The van der Waals surface area contributed by atoms with Crippen LogP contribution < -0.4 is 5.32 Å². The van der Waals surface area contributed by atoms with Gasteiger partial charge < -0.3 is 65.1 Å². The Hall–Kier alpha value is -1.53. The lowest BCUT2D eigenvalue weighted by molar-refractivity contribution is -0.359. The van der Waals surface area contributed by atoms with E-state index in [1.807, 2.05) is 6.08 Å². The molecule has 0 radical (unpaired) electrons. The van der Waals surface area contributed by atoms with Crippen molar-refractivity contribution in [3.8, 4) is 0 Å². The number of carbonyl (C=O) groups is 1. The summed E-state index contributed by atoms with van der Waals surface area (Å²) in [6.45, 7) is 2.84. The Balaban J connectivity index is 1.62. The average molecular weight is 1200 g/mol. The first-order valence-electron chi connectivity index (χ1n) is 35.6. The molecule has 2 saturated heterocycles. The van der Waals surface area contributed by atoms with Gasteiger partial charge in [0.25, 0.3) is 0 Å². The maximum absolute atomic E-state index is 13.3. The summed E-state index contributed by atoms with van der Waals surface area (Å²) in [7, 11) is 0. The number of ether oxygens (including phenoxy) is 4. The summed E-state index contributed by atoms with van der Waals surface area (Å²) >= 11 is 0. The Kier molecular flexibility index (Phi) is 51.9. The molecule has 0 bridgehead atoms. The van der Waals surface area contributed by atoms with Crippen LogP contribution >= 0.6 is 0 Å². The monoisotopic (exact) mass is 1200 g/mol. The number of allylic oxidation sites excluding steroid dienone is 3. The van der Waals surface area contributed by atoms with Crippen LogP contribution in [-0.2, 0) is 23.7 Å². The lowest BCUT2D eigenvalue weighted by atomic mass is 9.97. The van der Waals surface area contributed by atoms with Crippen molar-refractivity contribution in [3.05, 3.63) is 24.3 Å². The van der Waals surface area contributed by atoms with Crippen LogP contribution in [0.4, 0.5) is 0 Å². The van der Waals surface area contributed by atoms with Crippen LogP contribution in [0.3, 0.4) is 0 Å². The van der Waals surface area contributed by atoms with Crippen molar-refractivity contribution < 1.29 is 64.6 Å². The third-order valence-corrected chi connectivity index (χ3v) is 17.6. The van der Waals surface area contributed by atoms with Gasteiger partial charge in [0.2, 0.25) is 5.91 Å². The molecule has 14 nitrogen and oxygen atoms in total. The molecule has 0 aliphatic carbocycles. The third kappa shape index (κ3) is 39.5. The Bertz CT molecular complexity index is 1500. The third-order valence-electron chi connectivity index (χ3n) is 17.6. The van der Waals surface area contributed by atoms with Crippen LogP contribution in [0.5, 0.6) is 0 Å². The first kappa shape index (κ1) is 78.6. The van der Waals surface area contributed by atoms with E-state index in [1.54, 1.807) is 6.08 Å². The molecule has 14 heteroatoms. The van der Waals surface area contributed by atoms with Crippen molar-refractivity contribution in [2.24, 2.45) is 0 Å². The summed E-state index contributed by atoms with van der Waals surface area (Å²) in [5.41, 5.74) is 0. The van der Waals surface area contributed by atoms with Gasteiger partial charge in [0.1, 0.15) is 48.8 Å². The second-order valence-electron chi connectivity index (χ2n) is 25.4. The number of hydrogen-bond donors (Lipinski definition) is 9. The molecule has 496 valence electrons. The van der Waals surface area contributed by atoms with Crippen LogP contribution in [0, 0.1) is 0 Å². The van der Waals surface area contributed by atoms with Crippen molar-refractivity contribution in [3.63, 3.8) is 0 Å². The predicted molar refractivity (Wildman–Crippen MR) is 342 cm³/mol. The molecular formula is C70H133NO13. The molecule has 12 atom stereocenters. The fourth-order valence-corrected chi connectivity index (χ4v) is 11.9. The quantitative estimate of drug-likeness (QED) is 0.0204. The summed E-state index contributed by atoms with van der Waals surface area (Å²) < 4.78 is 22.8. The second-order valence-corrected chi connectivity index (χ2v) is 25.4. The lowest BCUT2D eigenvalue weighted by Gasteiger charge is -2.46. The molecule has 2 aliphatic rings. The maximum Gasteiger partial charge on any atom is 0.220 e. The normalized spacial score (nSPS) is 23.7. The number of aliphatic hydroxyl groups excluding tert-OH is 8. The maximum atomic E-state index is 13.3. The molecule has 0 spiro atoms. The molecule has 0 aromatic heterocycles. The Morgan fingerprint density at radius 1 is 0.417 bits per heavy atom. The Morgan fingerprint density at radius 2 is 0.750 bits per heavy atom. The highest BCUT2D eigenvalue weighted by molar-refractivity contribution is 5.76. The summed E-state index contributed by atoms with van der Waals surface area (Å²) in [4.78, 5) is 13.3. The van der Waals surface area contributed by atoms with Crippen LogP contribution in [-0.4, -0.2) is 140 Å². The molecule has 2 heterocycles. The molecule has 9 N–H and O–H groups in total. The number of nitrogens with one attached hydrogen (secondary N) is 1. The molecule has 2 aliphatic heterocycles. The van der Waals surface area contributed by atoms with Gasteiger partial charge >= 0.3 is 0 Å². The van der Waals surface area contributed by atoms with Gasteiger partial charge in [-0.15, -0.1) is 0 Å². The Labute approximate surface area is 513 Å². The molecule has 0 aromatic rings. The van der Waals surface area contributed by atoms with Gasteiger partial charge in [-0.2, -0.15) is 0 Å². The van der Waals surface area contributed by atoms with Gasteiger partial charge in [-0.1, -0.05) is 295 Å². The number of unbranched alkanes of at least 4 members (excludes halogenated alkanes) is 44. The highest BCUT2D eigenvalue weighted by Crippen LogP contribution is 2.30. The topological polar surface area (TPSA) is 228 Å². The van der Waals surface area contributed by atoms with E-state index < -0.39 is 86.8 Å². The van der Waals surface area contributed by atoms with E-state index in [4.69, 9.17) is 18.9 Å². The van der Waals surface area contributed by atoms with Crippen LogP contribution in [0.25, 0.3) is 0 Å². The SMILES string of the molecule is CCCCCCCCCC/C=C\CCCCCCCCCCCCCCCCCCCCCCCC(=O)NC(COC1OC(CO)C(OC2OC(CO)C(O)C(O)C2O)C(O)C1O)C(O)/C=C/CCCCCCCCCCCCCCCCC. The number of hydrogen-bond acceptors (Lipinski definition) is 13. The standard InChI is InChI=1S/C70H133NO13/c1-3-5-7-9-11-13-15-17-19-21-22-23-24-25-26-27-28-29-30-31-32-33-34-35-36-38-40-42-44-46-48-50-52-54-62(75)71-58(59(74)53-51-49-47-45-43-41-39-37-20-18-16-14-12-10-8-6-4-2)57-81-69-67(80)65(78)68(61(56-73)83-69)84-70-66(79)64(77)63(76)60(55-72)82-70/h21-22,51,53,58-61,63-70,72-74,76-80H,3-20,23-50,52,54-57H2,1-2H3,(H,71,75)/b22-21-,53-51+. The van der Waals surface area contributed by atoms with Gasteiger partial charge in [-0.3, -0.25) is 4.79 Å². The minimum absolute atomic E-state index is 0.232. The molecular weight excluding hydrogens is 1060 g/mol. The molecule has 2 fully saturated rings. The molecule has 84 heavy (non-hydrogen) atoms. The van der Waals surface area contributed by atoms with Crippen LogP contribution in [0.2, 0.25) is 0 Å². The summed E-state index contributed by atoms with van der Waals surface area (Å²) in [6, 6.07) is -0.912.